The van der Waals surface area contributed by atoms with Crippen molar-refractivity contribution in [1.82, 2.24) is 0 Å². The highest BCUT2D eigenvalue weighted by Gasteiger charge is 2.19. The highest BCUT2D eigenvalue weighted by Crippen LogP contribution is 2.48. The van der Waals surface area contributed by atoms with Gasteiger partial charge in [-0.2, -0.15) is 0 Å². The van der Waals surface area contributed by atoms with Crippen molar-refractivity contribution in [3.63, 3.8) is 0 Å². The normalized spacial score (nSPS) is 15.0. The molecule has 0 aliphatic heterocycles. The molecule has 0 spiro atoms. The van der Waals surface area contributed by atoms with Crippen LogP contribution in [0.25, 0.3) is 0 Å². The predicted octanol–water partition coefficient (Wildman–Crippen LogP) is 4.83. The molecule has 1 atom stereocenters. The van der Waals surface area contributed by atoms with E-state index in [1.54, 1.807) is 6.92 Å². The zero-order valence-corrected chi connectivity index (χ0v) is 16.4. The summed E-state index contributed by atoms with van der Waals surface area (Å²) in [5.41, 5.74) is 0. The van der Waals surface area contributed by atoms with Gasteiger partial charge in [0.25, 0.3) is 0 Å². The van der Waals surface area contributed by atoms with E-state index in [9.17, 15) is 13.7 Å². The molecular formula is C13H23O6P3. The molecule has 6 nitrogen and oxygen atoms in total. The van der Waals surface area contributed by atoms with E-state index in [-0.39, 0.29) is 17.2 Å². The molecule has 9 heteroatoms. The summed E-state index contributed by atoms with van der Waals surface area (Å²) in [5.74, 6) is 0.776. The fraction of sp³-hybridized carbons (Fsp3) is 0.538. The van der Waals surface area contributed by atoms with Crippen molar-refractivity contribution < 1.29 is 27.3 Å². The molecule has 22 heavy (non-hydrogen) atoms. The van der Waals surface area contributed by atoms with Gasteiger partial charge in [0.05, 0.1) is 0 Å². The summed E-state index contributed by atoms with van der Waals surface area (Å²) in [6.45, 7) is 9.18. The molecule has 0 saturated carbocycles. The number of hydrogen-bond acceptors (Lipinski definition) is 6. The first-order valence-electron chi connectivity index (χ1n) is 6.70. The zero-order valence-electron chi connectivity index (χ0n) is 13.7. The molecule has 1 unspecified atom stereocenters. The summed E-state index contributed by atoms with van der Waals surface area (Å²) in [4.78, 5) is 0. The van der Waals surface area contributed by atoms with Crippen LogP contribution in [0.5, 0.6) is 17.2 Å². The molecule has 1 aromatic rings. The van der Waals surface area contributed by atoms with Crippen LogP contribution < -0.4 is 13.6 Å². The maximum absolute atomic E-state index is 12.1. The minimum atomic E-state index is -2.79. The van der Waals surface area contributed by atoms with Crippen LogP contribution in [0.2, 0.25) is 0 Å². The Morgan fingerprint density at radius 2 is 1.05 bits per heavy atom. The van der Waals surface area contributed by atoms with Crippen LogP contribution in [0, 0.1) is 0 Å². The maximum Gasteiger partial charge on any atom is 0.244 e. The molecule has 0 amide bonds. The fourth-order valence-corrected chi connectivity index (χ4v) is 3.41. The number of hydrogen-bond donors (Lipinski definition) is 0. The molecule has 126 valence electrons. The maximum atomic E-state index is 12.1. The summed E-state index contributed by atoms with van der Waals surface area (Å²) in [7, 11) is -8.36. The first-order chi connectivity index (χ1) is 9.80. The second-order valence-electron chi connectivity index (χ2n) is 5.75. The number of benzene rings is 1. The SMILES string of the molecule is CCP(C)(=O)Oc1cc(OP(C)(C)=O)cc(OP(C)(C)=O)c1. The van der Waals surface area contributed by atoms with Crippen LogP contribution in [0.4, 0.5) is 0 Å². The van der Waals surface area contributed by atoms with Gasteiger partial charge in [-0.3, -0.25) is 13.7 Å². The summed E-state index contributed by atoms with van der Waals surface area (Å²) in [5, 5.41) is 0. The van der Waals surface area contributed by atoms with Gasteiger partial charge in [0, 0.05) is 57.7 Å². The molecule has 0 fully saturated rings. The molecule has 1 rings (SSSR count). The minimum Gasteiger partial charge on any atom is -0.443 e. The van der Waals surface area contributed by atoms with E-state index < -0.39 is 22.1 Å². The van der Waals surface area contributed by atoms with E-state index >= 15 is 0 Å². The average Bonchev–Trinajstić information content (AvgIpc) is 2.22. The van der Waals surface area contributed by atoms with Crippen LogP contribution in [0.3, 0.4) is 0 Å². The van der Waals surface area contributed by atoms with Crippen molar-refractivity contribution in [2.75, 3.05) is 39.5 Å². The van der Waals surface area contributed by atoms with Gasteiger partial charge < -0.3 is 13.6 Å². The lowest BCUT2D eigenvalue weighted by Crippen LogP contribution is -1.97. The Hall–Kier alpha value is -0.690. The van der Waals surface area contributed by atoms with Gasteiger partial charge >= 0.3 is 0 Å². The van der Waals surface area contributed by atoms with Crippen molar-refractivity contribution >= 4 is 22.1 Å². The van der Waals surface area contributed by atoms with E-state index in [0.29, 0.717) is 6.16 Å². The van der Waals surface area contributed by atoms with Crippen molar-refractivity contribution in [3.05, 3.63) is 18.2 Å². The van der Waals surface area contributed by atoms with Gasteiger partial charge in [-0.05, 0) is 0 Å². The van der Waals surface area contributed by atoms with Gasteiger partial charge in [-0.1, -0.05) is 6.92 Å². The highest BCUT2D eigenvalue weighted by molar-refractivity contribution is 7.58. The van der Waals surface area contributed by atoms with E-state index in [1.165, 1.54) is 51.5 Å². The number of rotatable bonds is 7. The molecule has 0 aromatic heterocycles. The van der Waals surface area contributed by atoms with E-state index in [4.69, 9.17) is 13.6 Å². The summed E-state index contributed by atoms with van der Waals surface area (Å²) in [6, 6.07) is 4.47. The fourth-order valence-electron chi connectivity index (χ4n) is 1.50. The topological polar surface area (TPSA) is 78.9 Å². The van der Waals surface area contributed by atoms with Gasteiger partial charge in [0.2, 0.25) is 22.1 Å². The smallest absolute Gasteiger partial charge is 0.244 e. The molecule has 0 saturated heterocycles. The quantitative estimate of drug-likeness (QED) is 0.642. The van der Waals surface area contributed by atoms with Crippen LogP contribution in [0.1, 0.15) is 6.92 Å². The summed E-state index contributed by atoms with van der Waals surface area (Å²) < 4.78 is 52.0. The van der Waals surface area contributed by atoms with E-state index in [0.717, 1.165) is 0 Å². The lowest BCUT2D eigenvalue weighted by molar-refractivity contribution is 0.472. The Kier molecular flexibility index (Phi) is 6.01. The highest BCUT2D eigenvalue weighted by atomic mass is 31.2. The van der Waals surface area contributed by atoms with E-state index in [1.807, 2.05) is 0 Å². The summed E-state index contributed by atoms with van der Waals surface area (Å²) >= 11 is 0. The van der Waals surface area contributed by atoms with Crippen LogP contribution in [-0.4, -0.2) is 39.5 Å². The van der Waals surface area contributed by atoms with Crippen LogP contribution in [0.15, 0.2) is 18.2 Å². The molecule has 0 radical (unpaired) electrons. The Bertz CT molecular complexity index is 630. The molecule has 1 aromatic carbocycles. The lowest BCUT2D eigenvalue weighted by Gasteiger charge is -2.18. The third kappa shape index (κ3) is 7.54. The molecular weight excluding hydrogens is 345 g/mol. The molecule has 0 bridgehead atoms. The first-order valence-corrected chi connectivity index (χ1v) is 14.0. The van der Waals surface area contributed by atoms with Crippen LogP contribution >= 0.6 is 22.1 Å². The monoisotopic (exact) mass is 368 g/mol. The second-order valence-corrected chi connectivity index (χ2v) is 14.0. The Balaban J connectivity index is 3.23. The molecule has 0 aliphatic rings. The van der Waals surface area contributed by atoms with Gasteiger partial charge in [0.15, 0.2) is 0 Å². The van der Waals surface area contributed by atoms with Gasteiger partial charge in [0.1, 0.15) is 17.2 Å². The Labute approximate surface area is 131 Å². The molecule has 0 N–H and O–H groups in total. The van der Waals surface area contributed by atoms with Crippen molar-refractivity contribution in [2.45, 2.75) is 6.92 Å². The van der Waals surface area contributed by atoms with Gasteiger partial charge in [-0.15, -0.1) is 0 Å². The molecule has 0 aliphatic carbocycles. The first kappa shape index (κ1) is 19.4. The molecule has 0 heterocycles. The van der Waals surface area contributed by atoms with Gasteiger partial charge in [-0.25, -0.2) is 0 Å². The third-order valence-corrected chi connectivity index (χ3v) is 5.42. The minimum absolute atomic E-state index is 0.255. The summed E-state index contributed by atoms with van der Waals surface area (Å²) in [6.07, 6.45) is 0.369. The standard InChI is InChI=1S/C13H23O6P3/c1-7-22(6,16)19-13-9-11(17-20(2,3)14)8-12(10-13)18-21(4,5)15/h8-10H,7H2,1-6H3. The van der Waals surface area contributed by atoms with Crippen molar-refractivity contribution in [1.29, 1.82) is 0 Å². The second kappa shape index (κ2) is 6.83. The van der Waals surface area contributed by atoms with Crippen LogP contribution in [-0.2, 0) is 13.7 Å². The van der Waals surface area contributed by atoms with Crippen molar-refractivity contribution in [2.24, 2.45) is 0 Å². The predicted molar refractivity (Wildman–Crippen MR) is 91.3 cm³/mol. The zero-order chi connectivity index (χ0) is 17.2. The Morgan fingerprint density at radius 1 is 0.727 bits per heavy atom. The Morgan fingerprint density at radius 3 is 1.32 bits per heavy atom. The van der Waals surface area contributed by atoms with E-state index in [2.05, 4.69) is 0 Å². The third-order valence-electron chi connectivity index (χ3n) is 2.38. The largest absolute Gasteiger partial charge is 0.443 e. The van der Waals surface area contributed by atoms with Crippen molar-refractivity contribution in [3.8, 4) is 17.2 Å². The average molecular weight is 368 g/mol. The lowest BCUT2D eigenvalue weighted by atomic mass is 10.3.